The molecular formula is C24H19ClN2O3. The van der Waals surface area contributed by atoms with E-state index in [1.807, 2.05) is 61.5 Å². The third-order valence-corrected chi connectivity index (χ3v) is 5.97. The normalized spacial score (nSPS) is 23.2. The highest BCUT2D eigenvalue weighted by Crippen LogP contribution is 2.48. The number of para-hydroxylation sites is 1. The average molecular weight is 419 g/mol. The van der Waals surface area contributed by atoms with E-state index in [1.54, 1.807) is 29.3 Å². The summed E-state index contributed by atoms with van der Waals surface area (Å²) in [5.41, 5.74) is 3.31. The number of hydrogen-bond acceptors (Lipinski definition) is 4. The number of aryl methyl sites for hydroxylation is 1. The fraction of sp³-hybridized carbons (Fsp3) is 0.167. The second kappa shape index (κ2) is 7.27. The zero-order valence-corrected chi connectivity index (χ0v) is 17.0. The van der Waals surface area contributed by atoms with Crippen LogP contribution in [0.1, 0.15) is 17.2 Å². The minimum atomic E-state index is -0.877. The highest BCUT2D eigenvalue weighted by atomic mass is 35.5. The Morgan fingerprint density at radius 1 is 0.800 bits per heavy atom. The van der Waals surface area contributed by atoms with Gasteiger partial charge in [-0.15, -0.1) is 0 Å². The van der Waals surface area contributed by atoms with Gasteiger partial charge in [-0.2, -0.15) is 0 Å². The number of anilines is 2. The molecule has 2 aliphatic rings. The number of hydrogen-bond donors (Lipinski definition) is 0. The molecule has 3 aromatic rings. The number of nitrogens with zero attached hydrogens (tertiary/aromatic N) is 2. The molecule has 0 aromatic heterocycles. The molecule has 5 nitrogen and oxygen atoms in total. The Labute approximate surface area is 179 Å². The molecule has 3 atom stereocenters. The molecular weight excluding hydrogens is 400 g/mol. The number of halogens is 1. The van der Waals surface area contributed by atoms with Gasteiger partial charge in [0.15, 0.2) is 6.10 Å². The summed E-state index contributed by atoms with van der Waals surface area (Å²) in [5.74, 6) is -1.27. The summed E-state index contributed by atoms with van der Waals surface area (Å²) in [6, 6.07) is 23.7. The quantitative estimate of drug-likeness (QED) is 0.578. The van der Waals surface area contributed by atoms with Crippen molar-refractivity contribution in [2.45, 2.75) is 19.1 Å². The van der Waals surface area contributed by atoms with Crippen molar-refractivity contribution in [1.29, 1.82) is 0 Å². The molecule has 3 aromatic carbocycles. The Morgan fingerprint density at radius 3 is 2.17 bits per heavy atom. The first-order chi connectivity index (χ1) is 14.6. The summed E-state index contributed by atoms with van der Waals surface area (Å²) in [5, 5.41) is 2.26. The molecule has 2 saturated heterocycles. The average Bonchev–Trinajstić information content (AvgIpc) is 3.26. The van der Waals surface area contributed by atoms with Gasteiger partial charge in [0, 0.05) is 5.02 Å². The molecule has 2 amide bonds. The zero-order valence-electron chi connectivity index (χ0n) is 16.2. The van der Waals surface area contributed by atoms with Gasteiger partial charge in [-0.3, -0.25) is 14.4 Å². The van der Waals surface area contributed by atoms with Crippen LogP contribution in [0.15, 0.2) is 78.9 Å². The molecule has 0 bridgehead atoms. The monoisotopic (exact) mass is 418 g/mol. The maximum Gasteiger partial charge on any atom is 0.266 e. The minimum Gasteiger partial charge on any atom is -0.273 e. The van der Waals surface area contributed by atoms with E-state index in [9.17, 15) is 9.59 Å². The molecule has 30 heavy (non-hydrogen) atoms. The van der Waals surface area contributed by atoms with Gasteiger partial charge in [0.2, 0.25) is 5.91 Å². The number of imide groups is 1. The molecule has 0 aliphatic carbocycles. The van der Waals surface area contributed by atoms with E-state index < -0.39 is 18.1 Å². The summed E-state index contributed by atoms with van der Waals surface area (Å²) < 4.78 is 0. The van der Waals surface area contributed by atoms with Crippen molar-refractivity contribution in [1.82, 2.24) is 0 Å². The van der Waals surface area contributed by atoms with Crippen molar-refractivity contribution >= 4 is 34.8 Å². The largest absolute Gasteiger partial charge is 0.273 e. The zero-order chi connectivity index (χ0) is 20.8. The lowest BCUT2D eigenvalue weighted by atomic mass is 9.88. The van der Waals surface area contributed by atoms with Crippen LogP contribution in [0.4, 0.5) is 11.4 Å². The number of carbonyl (C=O) groups is 2. The third-order valence-electron chi connectivity index (χ3n) is 5.72. The smallest absolute Gasteiger partial charge is 0.266 e. The second-order valence-corrected chi connectivity index (χ2v) is 7.94. The maximum absolute atomic E-state index is 13.5. The van der Waals surface area contributed by atoms with Crippen LogP contribution in [0.3, 0.4) is 0 Å². The van der Waals surface area contributed by atoms with Gasteiger partial charge in [0.05, 0.1) is 17.4 Å². The molecule has 2 aliphatic heterocycles. The fourth-order valence-corrected chi connectivity index (χ4v) is 4.42. The summed E-state index contributed by atoms with van der Waals surface area (Å²) in [6.45, 7) is 2.00. The van der Waals surface area contributed by atoms with E-state index in [4.69, 9.17) is 16.4 Å². The lowest BCUT2D eigenvalue weighted by molar-refractivity contribution is -0.126. The minimum absolute atomic E-state index is 0.265. The molecule has 0 saturated carbocycles. The van der Waals surface area contributed by atoms with Crippen molar-refractivity contribution in [2.24, 2.45) is 5.92 Å². The first kappa shape index (κ1) is 18.9. The number of fused-ring (bicyclic) bond motifs is 1. The molecule has 0 unspecified atom stereocenters. The molecule has 2 fully saturated rings. The topological polar surface area (TPSA) is 49.9 Å². The SMILES string of the molecule is Cc1ccccc1[C@H]1[C@H]2C(=O)N(c3ccc(Cl)cc3)C(=O)[C@H]2ON1c1ccccc1. The van der Waals surface area contributed by atoms with Gasteiger partial charge < -0.3 is 0 Å². The first-order valence-electron chi connectivity index (χ1n) is 9.76. The van der Waals surface area contributed by atoms with Crippen molar-refractivity contribution in [2.75, 3.05) is 9.96 Å². The number of hydroxylamine groups is 1. The summed E-state index contributed by atoms with van der Waals surface area (Å²) in [6.07, 6.45) is -0.877. The number of rotatable bonds is 3. The van der Waals surface area contributed by atoms with E-state index in [2.05, 4.69) is 0 Å². The van der Waals surface area contributed by atoms with Gasteiger partial charge in [-0.1, -0.05) is 54.1 Å². The van der Waals surface area contributed by atoms with Gasteiger partial charge in [0.1, 0.15) is 5.92 Å². The van der Waals surface area contributed by atoms with Crippen LogP contribution in [0.5, 0.6) is 0 Å². The van der Waals surface area contributed by atoms with E-state index in [0.717, 1.165) is 16.8 Å². The number of amides is 2. The van der Waals surface area contributed by atoms with Gasteiger partial charge in [0.25, 0.3) is 5.91 Å². The van der Waals surface area contributed by atoms with Crippen LogP contribution in [0.2, 0.25) is 5.02 Å². The molecule has 0 spiro atoms. The van der Waals surface area contributed by atoms with Gasteiger partial charge in [-0.05, 0) is 54.4 Å². The van der Waals surface area contributed by atoms with Crippen molar-refractivity contribution in [3.05, 3.63) is 95.0 Å². The molecule has 6 heteroatoms. The Balaban J connectivity index is 1.60. The predicted octanol–water partition coefficient (Wildman–Crippen LogP) is 4.70. The van der Waals surface area contributed by atoms with Crippen LogP contribution in [0.25, 0.3) is 0 Å². The summed E-state index contributed by atoms with van der Waals surface area (Å²) >= 11 is 5.97. The fourth-order valence-electron chi connectivity index (χ4n) is 4.29. The molecule has 0 radical (unpaired) electrons. The second-order valence-electron chi connectivity index (χ2n) is 7.50. The van der Waals surface area contributed by atoms with Crippen molar-refractivity contribution < 1.29 is 14.4 Å². The van der Waals surface area contributed by atoms with Crippen LogP contribution < -0.4 is 9.96 Å². The Kier molecular flexibility index (Phi) is 4.57. The van der Waals surface area contributed by atoms with Crippen molar-refractivity contribution in [3.63, 3.8) is 0 Å². The Hall–Kier alpha value is -3.15. The van der Waals surface area contributed by atoms with E-state index in [0.29, 0.717) is 10.7 Å². The third kappa shape index (κ3) is 2.90. The van der Waals surface area contributed by atoms with E-state index in [1.165, 1.54) is 4.90 Å². The van der Waals surface area contributed by atoms with Crippen LogP contribution in [0, 0.1) is 12.8 Å². The Morgan fingerprint density at radius 2 is 1.47 bits per heavy atom. The van der Waals surface area contributed by atoms with Gasteiger partial charge >= 0.3 is 0 Å². The molecule has 150 valence electrons. The van der Waals surface area contributed by atoms with Gasteiger partial charge in [-0.25, -0.2) is 9.96 Å². The molecule has 5 rings (SSSR count). The molecule has 0 N–H and O–H groups in total. The number of carbonyl (C=O) groups excluding carboxylic acids is 2. The van der Waals surface area contributed by atoms with Crippen LogP contribution >= 0.6 is 11.6 Å². The summed E-state index contributed by atoms with van der Waals surface area (Å²) in [7, 11) is 0. The number of benzene rings is 3. The van der Waals surface area contributed by atoms with Crippen LogP contribution in [-0.2, 0) is 14.4 Å². The lowest BCUT2D eigenvalue weighted by Gasteiger charge is -2.29. The van der Waals surface area contributed by atoms with Crippen LogP contribution in [-0.4, -0.2) is 17.9 Å². The summed E-state index contributed by atoms with van der Waals surface area (Å²) in [4.78, 5) is 34.1. The van der Waals surface area contributed by atoms with E-state index in [-0.39, 0.29) is 11.8 Å². The molecule has 2 heterocycles. The highest BCUT2D eigenvalue weighted by Gasteiger charge is 2.60. The maximum atomic E-state index is 13.5. The van der Waals surface area contributed by atoms with E-state index >= 15 is 0 Å². The Bertz CT molecular complexity index is 1120. The predicted molar refractivity (Wildman–Crippen MR) is 115 cm³/mol. The first-order valence-corrected chi connectivity index (χ1v) is 10.1. The highest BCUT2D eigenvalue weighted by molar-refractivity contribution is 6.31. The lowest BCUT2D eigenvalue weighted by Crippen LogP contribution is -2.37. The standard InChI is InChI=1S/C24H19ClN2O3/c1-15-7-5-6-10-19(15)21-20-22(30-27(21)18-8-3-2-4-9-18)24(29)26(23(20)28)17-13-11-16(25)12-14-17/h2-14,20-22H,1H3/t20-,21+,22+/m1/s1. The van der Waals surface area contributed by atoms with Crippen molar-refractivity contribution in [3.8, 4) is 0 Å².